The molecule has 2 heterocycles. The third-order valence-electron chi connectivity index (χ3n) is 4.41. The number of hydrogen-bond donors (Lipinski definition) is 2. The lowest BCUT2D eigenvalue weighted by atomic mass is 9.95. The number of fused-ring (bicyclic) bond motifs is 1. The molecular formula is C17H23N3O2. The lowest BCUT2D eigenvalue weighted by Crippen LogP contribution is -2.43. The van der Waals surface area contributed by atoms with Crippen molar-refractivity contribution in [3.63, 3.8) is 0 Å². The first-order valence-corrected chi connectivity index (χ1v) is 7.88. The summed E-state index contributed by atoms with van der Waals surface area (Å²) in [5, 5.41) is 3.40. The third kappa shape index (κ3) is 2.51. The number of esters is 1. The van der Waals surface area contributed by atoms with Crippen LogP contribution < -0.4 is 16.0 Å². The molecule has 22 heavy (non-hydrogen) atoms. The van der Waals surface area contributed by atoms with Gasteiger partial charge in [0, 0.05) is 7.05 Å². The molecule has 1 unspecified atom stereocenters. The molecule has 0 fully saturated rings. The Labute approximate surface area is 131 Å². The normalized spacial score (nSPS) is 20.6. The van der Waals surface area contributed by atoms with Crippen molar-refractivity contribution in [2.24, 2.45) is 0 Å². The molecule has 5 heteroatoms. The van der Waals surface area contributed by atoms with Gasteiger partial charge in [0.25, 0.3) is 0 Å². The first-order chi connectivity index (χ1) is 10.6. The van der Waals surface area contributed by atoms with Crippen molar-refractivity contribution >= 4 is 17.3 Å². The minimum Gasteiger partial charge on any atom is -0.464 e. The maximum atomic E-state index is 12.1. The van der Waals surface area contributed by atoms with E-state index in [9.17, 15) is 4.79 Å². The lowest BCUT2D eigenvalue weighted by molar-refractivity contribution is -0.145. The quantitative estimate of drug-likeness (QED) is 0.647. The lowest BCUT2D eigenvalue weighted by Gasteiger charge is -2.34. The molecule has 3 rings (SSSR count). The molecule has 0 saturated heterocycles. The van der Waals surface area contributed by atoms with Gasteiger partial charge in [-0.05, 0) is 49.8 Å². The molecule has 1 aromatic carbocycles. The Morgan fingerprint density at radius 2 is 2.32 bits per heavy atom. The van der Waals surface area contributed by atoms with E-state index in [-0.39, 0.29) is 12.0 Å². The molecule has 2 aliphatic heterocycles. The summed E-state index contributed by atoms with van der Waals surface area (Å²) in [5.41, 5.74) is 10.5. The van der Waals surface area contributed by atoms with E-state index in [0.717, 1.165) is 42.9 Å². The molecule has 0 aliphatic carbocycles. The summed E-state index contributed by atoms with van der Waals surface area (Å²) in [6, 6.07) is 5.76. The fraction of sp³-hybridized carbons (Fsp3) is 0.471. The second kappa shape index (κ2) is 5.91. The summed E-state index contributed by atoms with van der Waals surface area (Å²) in [4.78, 5) is 14.2. The summed E-state index contributed by atoms with van der Waals surface area (Å²) in [6.07, 6.45) is 3.67. The van der Waals surface area contributed by atoms with Crippen molar-refractivity contribution in [2.45, 2.75) is 38.6 Å². The number of anilines is 2. The fourth-order valence-electron chi connectivity index (χ4n) is 3.41. The Kier molecular flexibility index (Phi) is 3.96. The van der Waals surface area contributed by atoms with Crippen molar-refractivity contribution in [3.8, 4) is 0 Å². The van der Waals surface area contributed by atoms with Gasteiger partial charge >= 0.3 is 5.97 Å². The highest BCUT2D eigenvalue weighted by Crippen LogP contribution is 2.38. The number of allylic oxidation sites excluding steroid dienone is 1. The van der Waals surface area contributed by atoms with Gasteiger partial charge in [-0.2, -0.15) is 0 Å². The molecule has 118 valence electrons. The minimum atomic E-state index is -0.276. The number of hydrogen-bond acceptors (Lipinski definition) is 5. The van der Waals surface area contributed by atoms with Crippen molar-refractivity contribution < 1.29 is 9.53 Å². The zero-order chi connectivity index (χ0) is 15.7. The molecule has 3 N–H and O–H groups in total. The fourth-order valence-corrected chi connectivity index (χ4v) is 3.41. The van der Waals surface area contributed by atoms with Crippen molar-refractivity contribution in [1.82, 2.24) is 5.32 Å². The van der Waals surface area contributed by atoms with E-state index >= 15 is 0 Å². The topological polar surface area (TPSA) is 67.6 Å². The first kappa shape index (κ1) is 14.8. The van der Waals surface area contributed by atoms with Crippen LogP contribution in [0.4, 0.5) is 11.4 Å². The van der Waals surface area contributed by atoms with Gasteiger partial charge in [0.05, 0.1) is 18.0 Å². The molecule has 0 spiro atoms. The third-order valence-corrected chi connectivity index (χ3v) is 4.41. The van der Waals surface area contributed by atoms with Gasteiger partial charge in [-0.15, -0.1) is 0 Å². The van der Waals surface area contributed by atoms with Crippen molar-refractivity contribution in [3.05, 3.63) is 35.2 Å². The number of nitrogens with zero attached hydrogens (tertiary/aromatic N) is 1. The Hall–Kier alpha value is -2.17. The van der Waals surface area contributed by atoms with E-state index < -0.39 is 0 Å². The number of nitrogen functional groups attached to an aromatic ring is 1. The summed E-state index contributed by atoms with van der Waals surface area (Å²) >= 11 is 0. The standard InChI is InChI=1S/C17H23N3O2/c1-3-22-17(21)14-9-5-7-12-10-11-6-4-8-13(18)15(11)20(2)16(12)19-14/h4,6,8,14,19H,3,5,7,9-10,18H2,1-2H3. The number of ether oxygens (including phenoxy) is 1. The molecular weight excluding hydrogens is 278 g/mol. The zero-order valence-corrected chi connectivity index (χ0v) is 13.2. The number of benzene rings is 1. The smallest absolute Gasteiger partial charge is 0.328 e. The molecule has 1 atom stereocenters. The van der Waals surface area contributed by atoms with Crippen LogP contribution in [0.1, 0.15) is 31.7 Å². The molecule has 1 aromatic rings. The average Bonchev–Trinajstić information content (AvgIpc) is 2.70. The Morgan fingerprint density at radius 3 is 3.09 bits per heavy atom. The van der Waals surface area contributed by atoms with Gasteiger partial charge < -0.3 is 20.7 Å². The number of nitrogens with one attached hydrogen (secondary N) is 1. The highest BCUT2D eigenvalue weighted by Gasteiger charge is 2.30. The van der Waals surface area contributed by atoms with Crippen LogP contribution in [0.3, 0.4) is 0 Å². The van der Waals surface area contributed by atoms with Gasteiger partial charge in [-0.1, -0.05) is 12.1 Å². The largest absolute Gasteiger partial charge is 0.464 e. The number of para-hydroxylation sites is 1. The molecule has 0 aromatic heterocycles. The summed E-state index contributed by atoms with van der Waals surface area (Å²) in [7, 11) is 2.00. The zero-order valence-electron chi connectivity index (χ0n) is 13.2. The number of rotatable bonds is 2. The summed E-state index contributed by atoms with van der Waals surface area (Å²) in [6.45, 7) is 2.25. The van der Waals surface area contributed by atoms with Crippen LogP contribution in [-0.4, -0.2) is 25.7 Å². The van der Waals surface area contributed by atoms with Crippen LogP contribution in [0.2, 0.25) is 0 Å². The van der Waals surface area contributed by atoms with E-state index in [0.29, 0.717) is 6.61 Å². The van der Waals surface area contributed by atoms with Gasteiger partial charge in [-0.25, -0.2) is 4.79 Å². The highest BCUT2D eigenvalue weighted by molar-refractivity contribution is 5.79. The van der Waals surface area contributed by atoms with Gasteiger partial charge in [0.2, 0.25) is 0 Å². The Balaban J connectivity index is 1.91. The van der Waals surface area contributed by atoms with Crippen LogP contribution in [0.15, 0.2) is 29.6 Å². The highest BCUT2D eigenvalue weighted by atomic mass is 16.5. The van der Waals surface area contributed by atoms with E-state index in [1.807, 2.05) is 26.1 Å². The van der Waals surface area contributed by atoms with Crippen LogP contribution >= 0.6 is 0 Å². The second-order valence-electron chi connectivity index (χ2n) is 5.88. The predicted molar refractivity (Wildman–Crippen MR) is 87.4 cm³/mol. The molecule has 2 aliphatic rings. The van der Waals surface area contributed by atoms with E-state index in [2.05, 4.69) is 16.3 Å². The monoisotopic (exact) mass is 301 g/mol. The second-order valence-corrected chi connectivity index (χ2v) is 5.88. The van der Waals surface area contributed by atoms with E-state index in [1.54, 1.807) is 0 Å². The minimum absolute atomic E-state index is 0.170. The first-order valence-electron chi connectivity index (χ1n) is 7.88. The maximum absolute atomic E-state index is 12.1. The molecule has 0 radical (unpaired) electrons. The molecule has 0 saturated carbocycles. The van der Waals surface area contributed by atoms with Crippen molar-refractivity contribution in [2.75, 3.05) is 24.3 Å². The number of carbonyl (C=O) groups excluding carboxylic acids is 1. The SMILES string of the molecule is CCOC(=O)C1CCCC2=C(N1)N(C)c1c(N)cccc1C2. The summed E-state index contributed by atoms with van der Waals surface area (Å²) < 4.78 is 5.18. The van der Waals surface area contributed by atoms with E-state index in [4.69, 9.17) is 10.5 Å². The van der Waals surface area contributed by atoms with Crippen molar-refractivity contribution in [1.29, 1.82) is 0 Å². The average molecular weight is 301 g/mol. The number of carbonyl (C=O) groups is 1. The summed E-state index contributed by atoms with van der Waals surface area (Å²) in [5.74, 6) is 0.845. The molecule has 0 bridgehead atoms. The van der Waals surface area contributed by atoms with Gasteiger partial charge in [0.1, 0.15) is 11.9 Å². The van der Waals surface area contributed by atoms with E-state index in [1.165, 1.54) is 11.1 Å². The maximum Gasteiger partial charge on any atom is 0.328 e. The van der Waals surface area contributed by atoms with Gasteiger partial charge in [-0.3, -0.25) is 0 Å². The molecule has 0 amide bonds. The van der Waals surface area contributed by atoms with Crippen LogP contribution in [0, 0.1) is 0 Å². The van der Waals surface area contributed by atoms with Crippen LogP contribution in [0.5, 0.6) is 0 Å². The number of nitrogens with two attached hydrogens (primary N) is 1. The van der Waals surface area contributed by atoms with Crippen LogP contribution in [-0.2, 0) is 16.0 Å². The van der Waals surface area contributed by atoms with Crippen LogP contribution in [0.25, 0.3) is 0 Å². The Bertz CT molecular complexity index is 624. The Morgan fingerprint density at radius 1 is 1.50 bits per heavy atom. The van der Waals surface area contributed by atoms with Gasteiger partial charge in [0.15, 0.2) is 0 Å². The molecule has 5 nitrogen and oxygen atoms in total. The predicted octanol–water partition coefficient (Wildman–Crippen LogP) is 2.18.